The van der Waals surface area contributed by atoms with Gasteiger partial charge in [0.05, 0.1) is 5.69 Å². The van der Waals surface area contributed by atoms with E-state index in [1.807, 2.05) is 50.2 Å². The van der Waals surface area contributed by atoms with E-state index < -0.39 is 24.0 Å². The number of amides is 2. The summed E-state index contributed by atoms with van der Waals surface area (Å²) in [4.78, 5) is 37.1. The van der Waals surface area contributed by atoms with E-state index in [1.165, 1.54) is 10.9 Å². The highest BCUT2D eigenvalue weighted by Crippen LogP contribution is 2.44. The van der Waals surface area contributed by atoms with Crippen LogP contribution in [0.1, 0.15) is 47.8 Å². The third-order valence-corrected chi connectivity index (χ3v) is 5.95. The maximum Gasteiger partial charge on any atom is 0.407 e. The number of nitrogens with one attached hydrogen (secondary N) is 2. The van der Waals surface area contributed by atoms with Crippen molar-refractivity contribution in [1.82, 2.24) is 15.1 Å². The molecule has 4 rings (SSSR count). The normalized spacial score (nSPS) is 13.1. The van der Waals surface area contributed by atoms with Gasteiger partial charge in [-0.1, -0.05) is 62.4 Å². The predicted molar refractivity (Wildman–Crippen MR) is 130 cm³/mol. The van der Waals surface area contributed by atoms with Gasteiger partial charge in [0.1, 0.15) is 12.6 Å². The Hall–Kier alpha value is -4.14. The standard InChI is InChI=1S/C26H28N4O5/c1-15(2)12-21(24(31)27-22-13-30(3)29-23(22)25(32)33)28-26(34)35-14-20-18-10-6-4-8-16(18)17-9-5-7-11-19(17)20/h4-11,13,15,20-21H,12,14H2,1-3H3,(H,27,31)(H,28,34)(H,32,33)/t21-/m1/s1. The molecule has 2 amide bonds. The number of ether oxygens (including phenoxy) is 1. The van der Waals surface area contributed by atoms with Crippen LogP contribution in [0, 0.1) is 5.92 Å². The van der Waals surface area contributed by atoms with Crippen LogP contribution in [0.5, 0.6) is 0 Å². The molecule has 1 aliphatic rings. The van der Waals surface area contributed by atoms with Crippen molar-refractivity contribution in [1.29, 1.82) is 0 Å². The third-order valence-electron chi connectivity index (χ3n) is 5.95. The van der Waals surface area contributed by atoms with Crippen molar-refractivity contribution in [2.24, 2.45) is 13.0 Å². The number of carbonyl (C=O) groups excluding carboxylic acids is 2. The largest absolute Gasteiger partial charge is 0.476 e. The molecular weight excluding hydrogens is 448 g/mol. The molecular formula is C26H28N4O5. The van der Waals surface area contributed by atoms with Gasteiger partial charge in [-0.2, -0.15) is 5.10 Å². The lowest BCUT2D eigenvalue weighted by atomic mass is 9.98. The average molecular weight is 477 g/mol. The second-order valence-corrected chi connectivity index (χ2v) is 9.01. The number of carboxylic acid groups (broad SMARTS) is 1. The van der Waals surface area contributed by atoms with Crippen LogP contribution in [0.15, 0.2) is 54.7 Å². The second kappa shape index (κ2) is 10.0. The Morgan fingerprint density at radius 2 is 1.66 bits per heavy atom. The number of carboxylic acids is 1. The molecule has 0 radical (unpaired) electrons. The molecule has 0 saturated heterocycles. The van der Waals surface area contributed by atoms with E-state index in [1.54, 1.807) is 7.05 Å². The van der Waals surface area contributed by atoms with Crippen LogP contribution in [0.2, 0.25) is 0 Å². The zero-order valence-electron chi connectivity index (χ0n) is 19.8. The van der Waals surface area contributed by atoms with Crippen molar-refractivity contribution < 1.29 is 24.2 Å². The van der Waals surface area contributed by atoms with Crippen LogP contribution in [-0.2, 0) is 16.6 Å². The summed E-state index contributed by atoms with van der Waals surface area (Å²) >= 11 is 0. The monoisotopic (exact) mass is 476 g/mol. The first-order chi connectivity index (χ1) is 16.7. The lowest BCUT2D eigenvalue weighted by molar-refractivity contribution is -0.118. The molecule has 182 valence electrons. The second-order valence-electron chi connectivity index (χ2n) is 9.01. The molecule has 9 nitrogen and oxygen atoms in total. The molecule has 1 atom stereocenters. The quantitative estimate of drug-likeness (QED) is 0.452. The number of fused-ring (bicyclic) bond motifs is 3. The Labute approximate surface area is 203 Å². The summed E-state index contributed by atoms with van der Waals surface area (Å²) < 4.78 is 6.88. The molecule has 0 bridgehead atoms. The molecule has 3 aromatic rings. The van der Waals surface area contributed by atoms with E-state index in [0.717, 1.165) is 22.3 Å². The minimum Gasteiger partial charge on any atom is -0.476 e. The van der Waals surface area contributed by atoms with E-state index in [9.17, 15) is 19.5 Å². The minimum absolute atomic E-state index is 0.0630. The molecule has 0 fully saturated rings. The van der Waals surface area contributed by atoms with Crippen molar-refractivity contribution >= 4 is 23.7 Å². The predicted octanol–water partition coefficient (Wildman–Crippen LogP) is 4.01. The molecule has 3 N–H and O–H groups in total. The van der Waals surface area contributed by atoms with Crippen LogP contribution in [-0.4, -0.2) is 45.5 Å². The summed E-state index contributed by atoms with van der Waals surface area (Å²) in [5.74, 6) is -1.81. The first-order valence-corrected chi connectivity index (χ1v) is 11.4. The van der Waals surface area contributed by atoms with Gasteiger partial charge in [-0.15, -0.1) is 0 Å². The fourth-order valence-electron chi connectivity index (χ4n) is 4.44. The summed E-state index contributed by atoms with van der Waals surface area (Å²) in [7, 11) is 1.56. The van der Waals surface area contributed by atoms with Crippen molar-refractivity contribution in [2.45, 2.75) is 32.2 Å². The molecule has 0 aliphatic heterocycles. The third kappa shape index (κ3) is 5.18. The number of carbonyl (C=O) groups is 3. The van der Waals surface area contributed by atoms with Gasteiger partial charge in [0.25, 0.3) is 0 Å². The van der Waals surface area contributed by atoms with Gasteiger partial charge >= 0.3 is 12.1 Å². The van der Waals surface area contributed by atoms with Crippen molar-refractivity contribution in [3.8, 4) is 11.1 Å². The van der Waals surface area contributed by atoms with Gasteiger partial charge in [0, 0.05) is 19.2 Å². The molecule has 2 aromatic carbocycles. The summed E-state index contributed by atoms with van der Waals surface area (Å²) in [6, 6.07) is 15.2. The molecule has 9 heteroatoms. The Bertz CT molecular complexity index is 1220. The summed E-state index contributed by atoms with van der Waals surface area (Å²) in [6.45, 7) is 3.97. The number of rotatable bonds is 8. The number of aryl methyl sites for hydroxylation is 1. The lowest BCUT2D eigenvalue weighted by Gasteiger charge is -2.21. The van der Waals surface area contributed by atoms with E-state index >= 15 is 0 Å². The maximum absolute atomic E-state index is 12.9. The number of aromatic carboxylic acids is 1. The number of hydrogen-bond acceptors (Lipinski definition) is 5. The van der Waals surface area contributed by atoms with Crippen molar-refractivity contribution in [3.05, 3.63) is 71.5 Å². The van der Waals surface area contributed by atoms with Crippen molar-refractivity contribution in [3.63, 3.8) is 0 Å². The van der Waals surface area contributed by atoms with E-state index in [4.69, 9.17) is 4.74 Å². The van der Waals surface area contributed by atoms with E-state index in [-0.39, 0.29) is 29.8 Å². The van der Waals surface area contributed by atoms with Gasteiger partial charge in [0.2, 0.25) is 5.91 Å². The molecule has 0 saturated carbocycles. The van der Waals surface area contributed by atoms with Crippen molar-refractivity contribution in [2.75, 3.05) is 11.9 Å². The Morgan fingerprint density at radius 3 is 2.23 bits per heavy atom. The Morgan fingerprint density at radius 1 is 1.06 bits per heavy atom. The molecule has 1 aliphatic carbocycles. The van der Waals surface area contributed by atoms with Gasteiger partial charge in [-0.3, -0.25) is 9.48 Å². The average Bonchev–Trinajstić information content (AvgIpc) is 3.34. The smallest absolute Gasteiger partial charge is 0.407 e. The summed E-state index contributed by atoms with van der Waals surface area (Å²) in [5, 5.41) is 18.4. The highest BCUT2D eigenvalue weighted by molar-refractivity contribution is 6.01. The van der Waals surface area contributed by atoms with Gasteiger partial charge in [-0.05, 0) is 34.6 Å². The van der Waals surface area contributed by atoms with Crippen LogP contribution < -0.4 is 10.6 Å². The molecule has 1 aromatic heterocycles. The van der Waals surface area contributed by atoms with Crippen LogP contribution >= 0.6 is 0 Å². The number of anilines is 1. The number of aromatic nitrogens is 2. The first-order valence-electron chi connectivity index (χ1n) is 11.4. The van der Waals surface area contributed by atoms with Gasteiger partial charge < -0.3 is 20.5 Å². The van der Waals surface area contributed by atoms with Gasteiger partial charge in [-0.25, -0.2) is 9.59 Å². The summed E-state index contributed by atoms with van der Waals surface area (Å²) in [5.41, 5.74) is 4.23. The maximum atomic E-state index is 12.9. The fourth-order valence-corrected chi connectivity index (χ4v) is 4.44. The number of alkyl carbamates (subject to hydrolysis) is 1. The van der Waals surface area contributed by atoms with Crippen LogP contribution in [0.25, 0.3) is 11.1 Å². The Balaban J connectivity index is 1.44. The lowest BCUT2D eigenvalue weighted by Crippen LogP contribution is -2.45. The zero-order chi connectivity index (χ0) is 25.1. The number of benzene rings is 2. The molecule has 0 spiro atoms. The molecule has 0 unspecified atom stereocenters. The highest BCUT2D eigenvalue weighted by Gasteiger charge is 2.30. The SMILES string of the molecule is CC(C)C[C@@H](NC(=O)OCC1c2ccccc2-c2ccccc21)C(=O)Nc1cn(C)nc1C(=O)O. The number of hydrogen-bond donors (Lipinski definition) is 3. The van der Waals surface area contributed by atoms with E-state index in [0.29, 0.717) is 6.42 Å². The van der Waals surface area contributed by atoms with Gasteiger partial charge in [0.15, 0.2) is 5.69 Å². The number of nitrogens with zero attached hydrogens (tertiary/aromatic N) is 2. The minimum atomic E-state index is -1.26. The fraction of sp³-hybridized carbons (Fsp3) is 0.308. The topological polar surface area (TPSA) is 123 Å². The van der Waals surface area contributed by atoms with Crippen LogP contribution in [0.3, 0.4) is 0 Å². The van der Waals surface area contributed by atoms with E-state index in [2.05, 4.69) is 27.9 Å². The summed E-state index contributed by atoms with van der Waals surface area (Å²) in [6.07, 6.45) is 1.04. The Kier molecular flexibility index (Phi) is 6.86. The van der Waals surface area contributed by atoms with Crippen LogP contribution in [0.4, 0.5) is 10.5 Å². The highest BCUT2D eigenvalue weighted by atomic mass is 16.5. The molecule has 35 heavy (non-hydrogen) atoms. The molecule has 1 heterocycles. The zero-order valence-corrected chi connectivity index (χ0v) is 19.8. The first kappa shape index (κ1) is 24.0.